The van der Waals surface area contributed by atoms with E-state index in [2.05, 4.69) is 26.3 Å². The molecule has 0 saturated carbocycles. The third kappa shape index (κ3) is 5.22. The minimum atomic E-state index is -0.192. The van der Waals surface area contributed by atoms with E-state index >= 15 is 0 Å². The molecule has 0 atom stereocenters. The lowest BCUT2D eigenvalue weighted by Crippen LogP contribution is -2.15. The van der Waals surface area contributed by atoms with Crippen LogP contribution in [0.15, 0.2) is 72.9 Å². The number of amides is 1. The van der Waals surface area contributed by atoms with E-state index in [9.17, 15) is 4.79 Å². The van der Waals surface area contributed by atoms with Crippen molar-refractivity contribution in [3.63, 3.8) is 0 Å². The van der Waals surface area contributed by atoms with Crippen LogP contribution in [0, 0.1) is 0 Å². The third-order valence-corrected chi connectivity index (χ3v) is 4.00. The second-order valence-electron chi connectivity index (χ2n) is 5.90. The number of anilines is 4. The lowest BCUT2D eigenvalue weighted by Gasteiger charge is -2.11. The van der Waals surface area contributed by atoms with Gasteiger partial charge in [0.05, 0.1) is 16.9 Å². The highest BCUT2D eigenvalue weighted by Crippen LogP contribution is 2.21. The summed E-state index contributed by atoms with van der Waals surface area (Å²) in [6.45, 7) is 1.50. The van der Waals surface area contributed by atoms with Crippen molar-refractivity contribution in [3.05, 3.63) is 78.5 Å². The maximum atomic E-state index is 12.4. The topological polar surface area (TPSA) is 78.1 Å². The Morgan fingerprint density at radius 3 is 2.26 bits per heavy atom. The van der Waals surface area contributed by atoms with E-state index in [-0.39, 0.29) is 5.91 Å². The first-order valence-electron chi connectivity index (χ1n) is 8.83. The average molecular weight is 361 g/mol. The zero-order chi connectivity index (χ0) is 18.9. The van der Waals surface area contributed by atoms with Crippen LogP contribution in [0.5, 0.6) is 0 Å². The second kappa shape index (κ2) is 9.24. The van der Waals surface area contributed by atoms with E-state index in [1.807, 2.05) is 61.6 Å². The fraction of sp³-hybridized carbons (Fsp3) is 0.143. The molecule has 0 aliphatic rings. The van der Waals surface area contributed by atoms with Crippen LogP contribution in [0.2, 0.25) is 0 Å². The van der Waals surface area contributed by atoms with Gasteiger partial charge in [0.1, 0.15) is 5.82 Å². The Hall–Kier alpha value is -3.54. The van der Waals surface area contributed by atoms with E-state index < -0.39 is 0 Å². The number of para-hydroxylation sites is 3. The average Bonchev–Trinajstić information content (AvgIpc) is 2.73. The van der Waals surface area contributed by atoms with Gasteiger partial charge in [-0.05, 0) is 36.4 Å². The van der Waals surface area contributed by atoms with Gasteiger partial charge in [-0.15, -0.1) is 0 Å². The summed E-state index contributed by atoms with van der Waals surface area (Å²) in [5.74, 6) is 0.541. The van der Waals surface area contributed by atoms with Crippen molar-refractivity contribution in [2.24, 2.45) is 0 Å². The molecule has 0 spiro atoms. The summed E-state index contributed by atoms with van der Waals surface area (Å²) in [7, 11) is 1.82. The molecule has 1 amide bonds. The number of benzene rings is 2. The number of rotatable bonds is 8. The Balaban J connectivity index is 1.50. The summed E-state index contributed by atoms with van der Waals surface area (Å²) < 4.78 is 0. The van der Waals surface area contributed by atoms with E-state index in [0.717, 1.165) is 36.0 Å². The molecule has 0 aliphatic carbocycles. The van der Waals surface area contributed by atoms with Crippen LogP contribution < -0.4 is 21.3 Å². The summed E-state index contributed by atoms with van der Waals surface area (Å²) in [6, 6.07) is 21.2. The fourth-order valence-electron chi connectivity index (χ4n) is 2.59. The van der Waals surface area contributed by atoms with E-state index in [0.29, 0.717) is 5.56 Å². The van der Waals surface area contributed by atoms with Gasteiger partial charge in [-0.3, -0.25) is 4.79 Å². The molecule has 0 radical (unpaired) electrons. The SMILES string of the molecule is CNc1ccccc1NC(=O)c1ccc(NCCNc2ccccc2)nc1. The first-order valence-corrected chi connectivity index (χ1v) is 8.83. The molecule has 27 heavy (non-hydrogen) atoms. The Morgan fingerprint density at radius 2 is 1.56 bits per heavy atom. The van der Waals surface area contributed by atoms with Crippen molar-refractivity contribution in [1.82, 2.24) is 4.98 Å². The maximum absolute atomic E-state index is 12.4. The molecule has 2 aromatic carbocycles. The van der Waals surface area contributed by atoms with Crippen LogP contribution >= 0.6 is 0 Å². The van der Waals surface area contributed by atoms with Crippen molar-refractivity contribution in [3.8, 4) is 0 Å². The van der Waals surface area contributed by atoms with Crippen LogP contribution in [-0.2, 0) is 0 Å². The second-order valence-corrected chi connectivity index (χ2v) is 5.90. The lowest BCUT2D eigenvalue weighted by atomic mass is 10.2. The zero-order valence-electron chi connectivity index (χ0n) is 15.2. The molecule has 0 fully saturated rings. The number of hydrogen-bond donors (Lipinski definition) is 4. The molecule has 1 heterocycles. The van der Waals surface area contributed by atoms with E-state index in [1.54, 1.807) is 18.3 Å². The van der Waals surface area contributed by atoms with E-state index in [4.69, 9.17) is 0 Å². The van der Waals surface area contributed by atoms with Crippen LogP contribution in [-0.4, -0.2) is 31.0 Å². The molecule has 3 aromatic rings. The Morgan fingerprint density at radius 1 is 0.852 bits per heavy atom. The Labute approximate surface area is 159 Å². The standard InChI is InChI=1S/C21H23N5O/c1-22-18-9-5-6-10-19(18)26-21(27)16-11-12-20(25-15-16)24-14-13-23-17-7-3-2-4-8-17/h2-12,15,22-23H,13-14H2,1H3,(H,24,25)(H,26,27). The fourth-order valence-corrected chi connectivity index (χ4v) is 2.59. The van der Waals surface area contributed by atoms with Crippen molar-refractivity contribution in [2.45, 2.75) is 0 Å². The van der Waals surface area contributed by atoms with Crippen LogP contribution in [0.3, 0.4) is 0 Å². The van der Waals surface area contributed by atoms with Crippen molar-refractivity contribution in [1.29, 1.82) is 0 Å². The van der Waals surface area contributed by atoms with Gasteiger partial charge in [-0.1, -0.05) is 30.3 Å². The predicted molar refractivity (Wildman–Crippen MR) is 112 cm³/mol. The van der Waals surface area contributed by atoms with Crippen molar-refractivity contribution >= 4 is 28.8 Å². The number of carbonyl (C=O) groups is 1. The minimum absolute atomic E-state index is 0.192. The van der Waals surface area contributed by atoms with Crippen LogP contribution in [0.4, 0.5) is 22.9 Å². The largest absolute Gasteiger partial charge is 0.386 e. The Bertz CT molecular complexity index is 865. The first-order chi connectivity index (χ1) is 13.3. The van der Waals surface area contributed by atoms with Gasteiger partial charge in [0.15, 0.2) is 0 Å². The molecular formula is C21H23N5O. The molecule has 6 heteroatoms. The number of pyridine rings is 1. The number of nitrogens with zero attached hydrogens (tertiary/aromatic N) is 1. The lowest BCUT2D eigenvalue weighted by molar-refractivity contribution is 0.102. The number of aromatic nitrogens is 1. The van der Waals surface area contributed by atoms with Gasteiger partial charge in [0, 0.05) is 32.0 Å². The van der Waals surface area contributed by atoms with Crippen LogP contribution in [0.1, 0.15) is 10.4 Å². The van der Waals surface area contributed by atoms with Crippen LogP contribution in [0.25, 0.3) is 0 Å². The highest BCUT2D eigenvalue weighted by atomic mass is 16.1. The molecular weight excluding hydrogens is 338 g/mol. The molecule has 3 rings (SSSR count). The molecule has 0 aliphatic heterocycles. The normalized spacial score (nSPS) is 10.1. The number of hydrogen-bond acceptors (Lipinski definition) is 5. The molecule has 0 unspecified atom stereocenters. The molecule has 6 nitrogen and oxygen atoms in total. The summed E-state index contributed by atoms with van der Waals surface area (Å²) >= 11 is 0. The van der Waals surface area contributed by atoms with Crippen molar-refractivity contribution in [2.75, 3.05) is 41.4 Å². The highest BCUT2D eigenvalue weighted by Gasteiger charge is 2.09. The molecule has 1 aromatic heterocycles. The minimum Gasteiger partial charge on any atom is -0.386 e. The third-order valence-electron chi connectivity index (χ3n) is 4.00. The molecule has 138 valence electrons. The monoisotopic (exact) mass is 361 g/mol. The molecule has 0 saturated heterocycles. The zero-order valence-corrected chi connectivity index (χ0v) is 15.2. The molecule has 0 bridgehead atoms. The smallest absolute Gasteiger partial charge is 0.257 e. The number of carbonyl (C=O) groups excluding carboxylic acids is 1. The summed E-state index contributed by atoms with van der Waals surface area (Å²) in [5, 5.41) is 12.5. The quantitative estimate of drug-likeness (QED) is 0.458. The maximum Gasteiger partial charge on any atom is 0.257 e. The van der Waals surface area contributed by atoms with Gasteiger partial charge in [-0.25, -0.2) is 4.98 Å². The van der Waals surface area contributed by atoms with Gasteiger partial charge in [0.25, 0.3) is 5.91 Å². The summed E-state index contributed by atoms with van der Waals surface area (Å²) in [6.07, 6.45) is 1.57. The predicted octanol–water partition coefficient (Wildman–Crippen LogP) is 3.90. The van der Waals surface area contributed by atoms with Gasteiger partial charge < -0.3 is 21.3 Å². The van der Waals surface area contributed by atoms with Gasteiger partial charge in [0.2, 0.25) is 0 Å². The van der Waals surface area contributed by atoms with E-state index in [1.165, 1.54) is 0 Å². The summed E-state index contributed by atoms with van der Waals surface area (Å²) in [4.78, 5) is 16.7. The van der Waals surface area contributed by atoms with Gasteiger partial charge in [-0.2, -0.15) is 0 Å². The first kappa shape index (κ1) is 18.3. The summed E-state index contributed by atoms with van der Waals surface area (Å²) in [5.41, 5.74) is 3.19. The van der Waals surface area contributed by atoms with Crippen molar-refractivity contribution < 1.29 is 4.79 Å². The number of nitrogens with one attached hydrogen (secondary N) is 4. The Kier molecular flexibility index (Phi) is 6.25. The molecule has 4 N–H and O–H groups in total. The highest BCUT2D eigenvalue weighted by molar-refractivity contribution is 6.05. The van der Waals surface area contributed by atoms with Gasteiger partial charge >= 0.3 is 0 Å².